The van der Waals surface area contributed by atoms with E-state index in [1.807, 2.05) is 12.3 Å². The second-order valence-electron chi connectivity index (χ2n) is 7.09. The monoisotopic (exact) mass is 396 g/mol. The second-order valence-corrected chi connectivity index (χ2v) is 8.30. The van der Waals surface area contributed by atoms with Gasteiger partial charge in [-0.15, -0.1) is 0 Å². The topological polar surface area (TPSA) is 35.2 Å². The molecular weight excluding hydrogens is 376 g/mol. The fraction of sp³-hybridized carbons (Fsp3) is 0.286. The van der Waals surface area contributed by atoms with Crippen LogP contribution in [0.4, 0.5) is 5.82 Å². The molecule has 0 amide bonds. The quantitative estimate of drug-likeness (QED) is 0.538. The van der Waals surface area contributed by atoms with Gasteiger partial charge in [-0.2, -0.15) is 4.37 Å². The summed E-state index contributed by atoms with van der Waals surface area (Å²) < 4.78 is 5.97. The van der Waals surface area contributed by atoms with Crippen molar-refractivity contribution in [3.8, 4) is 0 Å². The van der Waals surface area contributed by atoms with Gasteiger partial charge in [0, 0.05) is 54.8 Å². The van der Waals surface area contributed by atoms with Gasteiger partial charge in [-0.3, -0.25) is 4.90 Å². The third-order valence-corrected chi connectivity index (χ3v) is 6.62. The Kier molecular flexibility index (Phi) is 4.52. The number of aromatic nitrogens is 2. The van der Waals surface area contributed by atoms with Crippen LogP contribution in [-0.2, 0) is 6.42 Å². The number of aromatic amines is 1. The number of halogens is 1. The number of benzene rings is 2. The van der Waals surface area contributed by atoms with E-state index in [4.69, 9.17) is 16.0 Å². The molecule has 1 N–H and O–H groups in total. The maximum atomic E-state index is 6.47. The van der Waals surface area contributed by atoms with E-state index in [1.165, 1.54) is 21.0 Å². The molecule has 27 heavy (non-hydrogen) atoms. The maximum absolute atomic E-state index is 6.47. The molecule has 3 heterocycles. The van der Waals surface area contributed by atoms with E-state index in [9.17, 15) is 0 Å². The van der Waals surface area contributed by atoms with Crippen LogP contribution in [0.25, 0.3) is 21.0 Å². The van der Waals surface area contributed by atoms with Gasteiger partial charge in [-0.1, -0.05) is 23.7 Å². The van der Waals surface area contributed by atoms with E-state index in [-0.39, 0.29) is 0 Å². The van der Waals surface area contributed by atoms with Crippen molar-refractivity contribution in [2.45, 2.75) is 6.42 Å². The van der Waals surface area contributed by atoms with Crippen molar-refractivity contribution in [1.29, 1.82) is 0 Å². The molecule has 2 aromatic heterocycles. The molecule has 4 aromatic rings. The van der Waals surface area contributed by atoms with Gasteiger partial charge in [-0.05, 0) is 59.2 Å². The smallest absolute Gasteiger partial charge is 0.150 e. The van der Waals surface area contributed by atoms with Crippen LogP contribution in [0.1, 0.15) is 5.56 Å². The standard InChI is InChI=1S/C21H21ClN4S/c22-18-14-19-16(5-7-23-19)13-15(18)6-8-25-9-11-26(12-10-25)21-17-3-1-2-4-20(17)27-24-21/h1-5,7,13-14,23H,6,8-12H2. The third-order valence-electron chi connectivity index (χ3n) is 5.45. The average Bonchev–Trinajstić information content (AvgIpc) is 3.33. The highest BCUT2D eigenvalue weighted by atomic mass is 35.5. The number of nitrogens with zero attached hydrogens (tertiary/aromatic N) is 3. The molecule has 2 aromatic carbocycles. The summed E-state index contributed by atoms with van der Waals surface area (Å²) in [7, 11) is 0. The van der Waals surface area contributed by atoms with Crippen LogP contribution >= 0.6 is 23.1 Å². The zero-order chi connectivity index (χ0) is 18.2. The lowest BCUT2D eigenvalue weighted by Crippen LogP contribution is -2.47. The van der Waals surface area contributed by atoms with Gasteiger partial charge < -0.3 is 9.88 Å². The van der Waals surface area contributed by atoms with Crippen LogP contribution in [-0.4, -0.2) is 47.0 Å². The summed E-state index contributed by atoms with van der Waals surface area (Å²) in [6, 6.07) is 14.9. The first-order valence-corrected chi connectivity index (χ1v) is 10.5. The molecule has 0 spiro atoms. The highest BCUT2D eigenvalue weighted by molar-refractivity contribution is 7.13. The largest absolute Gasteiger partial charge is 0.361 e. The Morgan fingerprint density at radius 2 is 1.93 bits per heavy atom. The van der Waals surface area contributed by atoms with Crippen molar-refractivity contribution in [1.82, 2.24) is 14.3 Å². The van der Waals surface area contributed by atoms with Gasteiger partial charge in [-0.25, -0.2) is 0 Å². The minimum absolute atomic E-state index is 0.859. The number of hydrogen-bond acceptors (Lipinski definition) is 4. The summed E-state index contributed by atoms with van der Waals surface area (Å²) in [5.41, 5.74) is 2.34. The lowest BCUT2D eigenvalue weighted by molar-refractivity contribution is 0.261. The predicted octanol–water partition coefficient (Wildman–Crippen LogP) is 4.80. The van der Waals surface area contributed by atoms with Crippen LogP contribution in [0.5, 0.6) is 0 Å². The predicted molar refractivity (Wildman–Crippen MR) is 115 cm³/mol. The number of nitrogens with one attached hydrogen (secondary N) is 1. The zero-order valence-electron chi connectivity index (χ0n) is 15.0. The van der Waals surface area contributed by atoms with Crippen molar-refractivity contribution < 1.29 is 0 Å². The van der Waals surface area contributed by atoms with E-state index in [0.29, 0.717) is 0 Å². The Hall–Kier alpha value is -2.08. The van der Waals surface area contributed by atoms with Gasteiger partial charge in [0.1, 0.15) is 5.82 Å². The molecule has 138 valence electrons. The number of piperazine rings is 1. The molecule has 0 radical (unpaired) electrons. The summed E-state index contributed by atoms with van der Waals surface area (Å²) in [5, 5.41) is 3.37. The first-order valence-electron chi connectivity index (χ1n) is 9.35. The zero-order valence-corrected chi connectivity index (χ0v) is 16.6. The normalized spacial score (nSPS) is 15.8. The average molecular weight is 397 g/mol. The van der Waals surface area contributed by atoms with E-state index < -0.39 is 0 Å². The number of rotatable bonds is 4. The Morgan fingerprint density at radius 3 is 2.81 bits per heavy atom. The molecule has 1 aliphatic heterocycles. The Bertz CT molecular complexity index is 1080. The van der Waals surface area contributed by atoms with E-state index in [0.717, 1.165) is 55.5 Å². The van der Waals surface area contributed by atoms with Crippen LogP contribution in [0.2, 0.25) is 5.02 Å². The Morgan fingerprint density at radius 1 is 1.07 bits per heavy atom. The molecule has 5 rings (SSSR count). The number of anilines is 1. The molecule has 0 unspecified atom stereocenters. The minimum Gasteiger partial charge on any atom is -0.361 e. The molecular formula is C21H21ClN4S. The molecule has 0 atom stereocenters. The van der Waals surface area contributed by atoms with Crippen molar-refractivity contribution in [3.63, 3.8) is 0 Å². The van der Waals surface area contributed by atoms with Gasteiger partial charge in [0.15, 0.2) is 0 Å². The molecule has 4 nitrogen and oxygen atoms in total. The van der Waals surface area contributed by atoms with E-state index in [1.54, 1.807) is 11.5 Å². The van der Waals surface area contributed by atoms with Crippen LogP contribution < -0.4 is 4.90 Å². The molecule has 0 aliphatic carbocycles. The maximum Gasteiger partial charge on any atom is 0.150 e. The van der Waals surface area contributed by atoms with Gasteiger partial charge in [0.05, 0.1) is 4.70 Å². The van der Waals surface area contributed by atoms with Gasteiger partial charge in [0.25, 0.3) is 0 Å². The van der Waals surface area contributed by atoms with Crippen molar-refractivity contribution in [2.75, 3.05) is 37.6 Å². The highest BCUT2D eigenvalue weighted by Crippen LogP contribution is 2.30. The highest BCUT2D eigenvalue weighted by Gasteiger charge is 2.20. The number of fused-ring (bicyclic) bond motifs is 2. The summed E-state index contributed by atoms with van der Waals surface area (Å²) in [5.74, 6) is 1.15. The minimum atomic E-state index is 0.859. The summed E-state index contributed by atoms with van der Waals surface area (Å²) >= 11 is 8.07. The second kappa shape index (κ2) is 7.15. The fourth-order valence-electron chi connectivity index (χ4n) is 3.88. The van der Waals surface area contributed by atoms with Gasteiger partial charge in [0.2, 0.25) is 0 Å². The molecule has 0 saturated carbocycles. The first kappa shape index (κ1) is 17.0. The fourth-order valence-corrected chi connectivity index (χ4v) is 4.93. The van der Waals surface area contributed by atoms with E-state index in [2.05, 4.69) is 51.2 Å². The summed E-state index contributed by atoms with van der Waals surface area (Å²) in [4.78, 5) is 8.17. The number of H-pyrrole nitrogens is 1. The van der Waals surface area contributed by atoms with Crippen LogP contribution in [0, 0.1) is 0 Å². The third kappa shape index (κ3) is 3.31. The summed E-state index contributed by atoms with van der Waals surface area (Å²) in [6.45, 7) is 5.23. The van der Waals surface area contributed by atoms with Crippen LogP contribution in [0.3, 0.4) is 0 Å². The van der Waals surface area contributed by atoms with Crippen molar-refractivity contribution >= 4 is 49.9 Å². The van der Waals surface area contributed by atoms with E-state index >= 15 is 0 Å². The lowest BCUT2D eigenvalue weighted by Gasteiger charge is -2.35. The van der Waals surface area contributed by atoms with Gasteiger partial charge >= 0.3 is 0 Å². The molecule has 0 bridgehead atoms. The van der Waals surface area contributed by atoms with Crippen molar-refractivity contribution in [3.05, 3.63) is 59.2 Å². The molecule has 1 fully saturated rings. The molecule has 1 aliphatic rings. The Labute approximate surface area is 167 Å². The summed E-state index contributed by atoms with van der Waals surface area (Å²) in [6.07, 6.45) is 2.95. The first-order chi connectivity index (χ1) is 13.3. The lowest BCUT2D eigenvalue weighted by atomic mass is 10.1. The van der Waals surface area contributed by atoms with Crippen LogP contribution in [0.15, 0.2) is 48.7 Å². The Balaban J connectivity index is 1.22. The number of hydrogen-bond donors (Lipinski definition) is 1. The molecule has 6 heteroatoms. The molecule has 1 saturated heterocycles. The van der Waals surface area contributed by atoms with Crippen molar-refractivity contribution in [2.24, 2.45) is 0 Å². The SMILES string of the molecule is Clc1cc2[nH]ccc2cc1CCN1CCN(c2nsc3ccccc23)CC1.